The lowest BCUT2D eigenvalue weighted by Crippen LogP contribution is -2.35. The van der Waals surface area contributed by atoms with E-state index in [1.165, 1.54) is 11.4 Å². The highest BCUT2D eigenvalue weighted by molar-refractivity contribution is 5.71. The van der Waals surface area contributed by atoms with Gasteiger partial charge in [0, 0.05) is 12.4 Å². The molecule has 0 unspecified atom stereocenters. The zero-order valence-corrected chi connectivity index (χ0v) is 8.93. The largest absolute Gasteiger partial charge is 0.306 e. The molecule has 0 radical (unpaired) electrons. The van der Waals surface area contributed by atoms with Crippen molar-refractivity contribution in [2.75, 3.05) is 23.1 Å². The molecule has 0 saturated heterocycles. The van der Waals surface area contributed by atoms with Gasteiger partial charge in [0.15, 0.2) is 0 Å². The second-order valence-corrected chi connectivity index (χ2v) is 3.77. The molecule has 2 N–H and O–H groups in total. The first-order valence-electron chi connectivity index (χ1n) is 5.41. The van der Waals surface area contributed by atoms with Crippen molar-refractivity contribution < 1.29 is 0 Å². The number of hydrazine groups is 2. The molecule has 16 heavy (non-hydrogen) atoms. The molecule has 2 heterocycles. The lowest BCUT2D eigenvalue weighted by Gasteiger charge is -2.27. The van der Waals surface area contributed by atoms with E-state index < -0.39 is 0 Å². The van der Waals surface area contributed by atoms with Gasteiger partial charge in [0.2, 0.25) is 0 Å². The van der Waals surface area contributed by atoms with E-state index in [9.17, 15) is 0 Å². The van der Waals surface area contributed by atoms with Crippen molar-refractivity contribution in [2.24, 2.45) is 0 Å². The van der Waals surface area contributed by atoms with Crippen LogP contribution in [0.4, 0.5) is 11.4 Å². The van der Waals surface area contributed by atoms with Crippen LogP contribution in [0.5, 0.6) is 0 Å². The molecule has 0 bridgehead atoms. The fourth-order valence-electron chi connectivity index (χ4n) is 1.96. The average Bonchev–Trinajstić information content (AvgIpc) is 3.03. The standard InChI is InChI=1S/C12H14N4/c1-2-6-12(16-10-4-8-14-16)11(5-1)15-9-3-7-13-15/h1-8,13-14H,9-10H2. The molecule has 3 rings (SSSR count). The molecular formula is C12H14N4. The SMILES string of the molecule is C1=CNN(c2ccccc2N2CC=CN2)C1. The zero-order valence-electron chi connectivity index (χ0n) is 8.93. The molecule has 0 aliphatic carbocycles. The average molecular weight is 214 g/mol. The quantitative estimate of drug-likeness (QED) is 0.778. The van der Waals surface area contributed by atoms with Gasteiger partial charge in [-0.2, -0.15) is 0 Å². The molecule has 4 heteroatoms. The summed E-state index contributed by atoms with van der Waals surface area (Å²) in [6, 6.07) is 8.36. The summed E-state index contributed by atoms with van der Waals surface area (Å²) in [6.07, 6.45) is 8.14. The Kier molecular flexibility index (Phi) is 2.18. The molecule has 82 valence electrons. The summed E-state index contributed by atoms with van der Waals surface area (Å²) in [5.74, 6) is 0. The number of rotatable bonds is 2. The van der Waals surface area contributed by atoms with Gasteiger partial charge >= 0.3 is 0 Å². The number of hydrogen-bond acceptors (Lipinski definition) is 4. The fourth-order valence-corrected chi connectivity index (χ4v) is 1.96. The van der Waals surface area contributed by atoms with Gasteiger partial charge in [-0.1, -0.05) is 12.1 Å². The molecular weight excluding hydrogens is 200 g/mol. The maximum absolute atomic E-state index is 3.21. The topological polar surface area (TPSA) is 30.5 Å². The highest BCUT2D eigenvalue weighted by Crippen LogP contribution is 2.28. The third-order valence-electron chi connectivity index (χ3n) is 2.74. The Bertz CT molecular complexity index is 381. The molecule has 0 saturated carbocycles. The molecule has 0 amide bonds. The van der Waals surface area contributed by atoms with Crippen LogP contribution in [0.15, 0.2) is 48.8 Å². The van der Waals surface area contributed by atoms with Crippen LogP contribution >= 0.6 is 0 Å². The fraction of sp³-hybridized carbons (Fsp3) is 0.167. The number of nitrogens with one attached hydrogen (secondary N) is 2. The van der Waals surface area contributed by atoms with Gasteiger partial charge in [-0.05, 0) is 24.3 Å². The Labute approximate surface area is 94.8 Å². The third-order valence-corrected chi connectivity index (χ3v) is 2.74. The molecule has 1 aromatic carbocycles. The molecule has 0 aromatic heterocycles. The maximum Gasteiger partial charge on any atom is 0.0827 e. The highest BCUT2D eigenvalue weighted by atomic mass is 15.6. The first-order chi connectivity index (χ1) is 7.95. The summed E-state index contributed by atoms with van der Waals surface area (Å²) in [7, 11) is 0. The zero-order chi connectivity index (χ0) is 10.8. The smallest absolute Gasteiger partial charge is 0.0827 e. The third kappa shape index (κ3) is 1.48. The van der Waals surface area contributed by atoms with Crippen LogP contribution in [0.3, 0.4) is 0 Å². The summed E-state index contributed by atoms with van der Waals surface area (Å²) < 4.78 is 0. The summed E-state index contributed by atoms with van der Waals surface area (Å²) in [5, 5.41) is 4.24. The lowest BCUT2D eigenvalue weighted by atomic mass is 10.2. The molecule has 1 aromatic rings. The Morgan fingerprint density at radius 2 is 1.31 bits per heavy atom. The van der Waals surface area contributed by atoms with Crippen LogP contribution in [0.25, 0.3) is 0 Å². The van der Waals surface area contributed by atoms with Crippen LogP contribution in [-0.2, 0) is 0 Å². The van der Waals surface area contributed by atoms with Crippen LogP contribution in [0.1, 0.15) is 0 Å². The van der Waals surface area contributed by atoms with E-state index in [0.717, 1.165) is 13.1 Å². The summed E-state index contributed by atoms with van der Waals surface area (Å²) in [6.45, 7) is 1.80. The van der Waals surface area contributed by atoms with E-state index in [-0.39, 0.29) is 0 Å². The van der Waals surface area contributed by atoms with Gasteiger partial charge in [0.1, 0.15) is 0 Å². The minimum absolute atomic E-state index is 0.901. The minimum Gasteiger partial charge on any atom is -0.306 e. The van der Waals surface area contributed by atoms with E-state index >= 15 is 0 Å². The van der Waals surface area contributed by atoms with E-state index in [2.05, 4.69) is 57.3 Å². The van der Waals surface area contributed by atoms with E-state index in [4.69, 9.17) is 0 Å². The van der Waals surface area contributed by atoms with Crippen molar-refractivity contribution >= 4 is 11.4 Å². The molecule has 0 atom stereocenters. The molecule has 4 nitrogen and oxygen atoms in total. The molecule has 2 aliphatic heterocycles. The number of nitrogens with zero attached hydrogens (tertiary/aromatic N) is 2. The number of hydrogen-bond donors (Lipinski definition) is 2. The summed E-state index contributed by atoms with van der Waals surface area (Å²) >= 11 is 0. The van der Waals surface area contributed by atoms with Crippen molar-refractivity contribution in [1.29, 1.82) is 0 Å². The first kappa shape index (κ1) is 9.15. The second-order valence-electron chi connectivity index (χ2n) is 3.77. The summed E-state index contributed by atoms with van der Waals surface area (Å²) in [5.41, 5.74) is 8.80. The Balaban J connectivity index is 1.91. The Morgan fingerprint density at radius 3 is 1.69 bits per heavy atom. The normalized spacial score (nSPS) is 17.8. The number of anilines is 2. The van der Waals surface area contributed by atoms with Crippen molar-refractivity contribution in [3.05, 3.63) is 48.8 Å². The minimum atomic E-state index is 0.901. The van der Waals surface area contributed by atoms with Crippen molar-refractivity contribution in [2.45, 2.75) is 0 Å². The van der Waals surface area contributed by atoms with E-state index in [1.807, 2.05) is 12.4 Å². The Hall–Kier alpha value is -2.10. The Morgan fingerprint density at radius 1 is 0.812 bits per heavy atom. The van der Waals surface area contributed by atoms with Crippen LogP contribution < -0.4 is 20.9 Å². The van der Waals surface area contributed by atoms with Crippen LogP contribution in [0, 0.1) is 0 Å². The maximum atomic E-state index is 3.21. The van der Waals surface area contributed by atoms with Gasteiger partial charge in [-0.3, -0.25) is 10.0 Å². The van der Waals surface area contributed by atoms with E-state index in [0.29, 0.717) is 0 Å². The monoisotopic (exact) mass is 214 g/mol. The van der Waals surface area contributed by atoms with Crippen LogP contribution in [-0.4, -0.2) is 13.1 Å². The first-order valence-corrected chi connectivity index (χ1v) is 5.41. The number of benzene rings is 1. The predicted octanol–water partition coefficient (Wildman–Crippen LogP) is 1.36. The number of para-hydroxylation sites is 2. The van der Waals surface area contributed by atoms with Crippen LogP contribution in [0.2, 0.25) is 0 Å². The van der Waals surface area contributed by atoms with Crippen molar-refractivity contribution in [1.82, 2.24) is 10.9 Å². The molecule has 0 fully saturated rings. The van der Waals surface area contributed by atoms with Gasteiger partial charge < -0.3 is 10.9 Å². The predicted molar refractivity (Wildman–Crippen MR) is 65.7 cm³/mol. The molecule has 0 spiro atoms. The summed E-state index contributed by atoms with van der Waals surface area (Å²) in [4.78, 5) is 0. The lowest BCUT2D eigenvalue weighted by molar-refractivity contribution is 0.805. The van der Waals surface area contributed by atoms with Crippen molar-refractivity contribution in [3.8, 4) is 0 Å². The highest BCUT2D eigenvalue weighted by Gasteiger charge is 2.16. The van der Waals surface area contributed by atoms with E-state index in [1.54, 1.807) is 0 Å². The van der Waals surface area contributed by atoms with Crippen molar-refractivity contribution in [3.63, 3.8) is 0 Å². The van der Waals surface area contributed by atoms with Gasteiger partial charge in [-0.15, -0.1) is 0 Å². The van der Waals surface area contributed by atoms with Gasteiger partial charge in [-0.25, -0.2) is 0 Å². The second kappa shape index (κ2) is 3.81. The van der Waals surface area contributed by atoms with Gasteiger partial charge in [0.05, 0.1) is 24.5 Å². The van der Waals surface area contributed by atoms with Gasteiger partial charge in [0.25, 0.3) is 0 Å². The molecule has 2 aliphatic rings.